The second-order valence-electron chi connectivity index (χ2n) is 7.56. The van der Waals surface area contributed by atoms with Gasteiger partial charge in [-0.15, -0.1) is 24.0 Å². The van der Waals surface area contributed by atoms with E-state index in [2.05, 4.69) is 15.2 Å². The molecule has 0 amide bonds. The highest BCUT2D eigenvalue weighted by Gasteiger charge is 2.46. The van der Waals surface area contributed by atoms with E-state index >= 15 is 0 Å². The number of hydrogen-bond acceptors (Lipinski definition) is 3. The number of aliphatic imine (C=N–C) groups is 1. The first-order chi connectivity index (χ1) is 13.2. The quantitative estimate of drug-likeness (QED) is 0.254. The van der Waals surface area contributed by atoms with Gasteiger partial charge in [-0.3, -0.25) is 4.99 Å². The molecule has 1 aromatic rings. The summed E-state index contributed by atoms with van der Waals surface area (Å²) in [4.78, 5) is 6.73. The number of ether oxygens (including phenoxy) is 2. The van der Waals surface area contributed by atoms with Crippen LogP contribution >= 0.6 is 24.0 Å². The SMILES string of the molecule is CN=C(NCC1(c2ccccc2F)CC1)N1CCC(OCCCOC)CC1.I. The van der Waals surface area contributed by atoms with Crippen LogP contribution in [-0.2, 0) is 14.9 Å². The van der Waals surface area contributed by atoms with Gasteiger partial charge < -0.3 is 19.7 Å². The molecule has 1 aromatic carbocycles. The van der Waals surface area contributed by atoms with Gasteiger partial charge in [0.2, 0.25) is 0 Å². The molecule has 1 saturated heterocycles. The summed E-state index contributed by atoms with van der Waals surface area (Å²) in [6.45, 7) is 4.10. The summed E-state index contributed by atoms with van der Waals surface area (Å²) in [5, 5.41) is 3.49. The summed E-state index contributed by atoms with van der Waals surface area (Å²) in [5.74, 6) is 0.814. The van der Waals surface area contributed by atoms with E-state index in [1.807, 2.05) is 19.2 Å². The Morgan fingerprint density at radius 3 is 2.57 bits per heavy atom. The van der Waals surface area contributed by atoms with Crippen LogP contribution in [0.5, 0.6) is 0 Å². The second kappa shape index (κ2) is 11.3. The van der Waals surface area contributed by atoms with E-state index in [-0.39, 0.29) is 35.2 Å². The fourth-order valence-corrected chi connectivity index (χ4v) is 3.85. The van der Waals surface area contributed by atoms with Crippen molar-refractivity contribution in [2.24, 2.45) is 4.99 Å². The van der Waals surface area contributed by atoms with Crippen LogP contribution in [0, 0.1) is 5.82 Å². The number of methoxy groups -OCH3 is 1. The lowest BCUT2D eigenvalue weighted by atomic mass is 9.95. The molecule has 0 bridgehead atoms. The molecule has 1 heterocycles. The van der Waals surface area contributed by atoms with Crippen molar-refractivity contribution in [3.63, 3.8) is 0 Å². The Bertz CT molecular complexity index is 632. The number of hydrogen-bond donors (Lipinski definition) is 1. The van der Waals surface area contributed by atoms with Crippen LogP contribution in [-0.4, -0.2) is 64.0 Å². The molecule has 0 aromatic heterocycles. The Hall–Kier alpha value is -0.930. The zero-order valence-electron chi connectivity index (χ0n) is 17.0. The average Bonchev–Trinajstić information content (AvgIpc) is 3.48. The van der Waals surface area contributed by atoms with Crippen molar-refractivity contribution < 1.29 is 13.9 Å². The van der Waals surface area contributed by atoms with E-state index in [1.165, 1.54) is 0 Å². The van der Waals surface area contributed by atoms with Gasteiger partial charge in [0.1, 0.15) is 5.82 Å². The smallest absolute Gasteiger partial charge is 0.193 e. The first kappa shape index (κ1) is 23.3. The Labute approximate surface area is 185 Å². The van der Waals surface area contributed by atoms with Crippen LogP contribution in [0.1, 0.15) is 37.7 Å². The summed E-state index contributed by atoms with van der Waals surface area (Å²) in [6.07, 6.45) is 5.32. The lowest BCUT2D eigenvalue weighted by Crippen LogP contribution is -2.48. The first-order valence-corrected chi connectivity index (χ1v) is 10.00. The van der Waals surface area contributed by atoms with E-state index in [4.69, 9.17) is 9.47 Å². The van der Waals surface area contributed by atoms with Crippen LogP contribution in [0.15, 0.2) is 29.3 Å². The number of guanidine groups is 1. The molecule has 1 aliphatic carbocycles. The lowest BCUT2D eigenvalue weighted by molar-refractivity contribution is 0.00989. The van der Waals surface area contributed by atoms with E-state index in [0.717, 1.165) is 76.5 Å². The van der Waals surface area contributed by atoms with Crippen molar-refractivity contribution in [3.05, 3.63) is 35.6 Å². The van der Waals surface area contributed by atoms with Crippen molar-refractivity contribution in [1.29, 1.82) is 0 Å². The van der Waals surface area contributed by atoms with Crippen molar-refractivity contribution in [1.82, 2.24) is 10.2 Å². The third-order valence-corrected chi connectivity index (χ3v) is 5.68. The summed E-state index contributed by atoms with van der Waals surface area (Å²) < 4.78 is 25.2. The molecule has 0 unspecified atom stereocenters. The van der Waals surface area contributed by atoms with Crippen LogP contribution in [0.3, 0.4) is 0 Å². The molecule has 2 fully saturated rings. The van der Waals surface area contributed by atoms with E-state index < -0.39 is 0 Å². The minimum atomic E-state index is -0.0989. The molecule has 1 aliphatic heterocycles. The molecule has 5 nitrogen and oxygen atoms in total. The third-order valence-electron chi connectivity index (χ3n) is 5.68. The van der Waals surface area contributed by atoms with Gasteiger partial charge in [-0.2, -0.15) is 0 Å². The van der Waals surface area contributed by atoms with E-state index in [1.54, 1.807) is 19.2 Å². The molecular formula is C21H33FIN3O2. The van der Waals surface area contributed by atoms with Gasteiger partial charge in [-0.05, 0) is 43.7 Å². The Morgan fingerprint density at radius 1 is 1.25 bits per heavy atom. The summed E-state index contributed by atoms with van der Waals surface area (Å²) in [7, 11) is 3.54. The maximum Gasteiger partial charge on any atom is 0.193 e. The van der Waals surface area contributed by atoms with Crippen molar-refractivity contribution in [2.75, 3.05) is 47.0 Å². The van der Waals surface area contributed by atoms with Gasteiger partial charge in [-0.1, -0.05) is 18.2 Å². The molecule has 1 saturated carbocycles. The van der Waals surface area contributed by atoms with E-state index in [0.29, 0.717) is 6.10 Å². The predicted molar refractivity (Wildman–Crippen MR) is 121 cm³/mol. The fraction of sp³-hybridized carbons (Fsp3) is 0.667. The molecule has 0 spiro atoms. The molecule has 28 heavy (non-hydrogen) atoms. The molecule has 0 radical (unpaired) electrons. The molecule has 158 valence electrons. The van der Waals surface area contributed by atoms with Crippen LogP contribution in [0.2, 0.25) is 0 Å². The normalized spacial score (nSPS) is 19.2. The topological polar surface area (TPSA) is 46.1 Å². The molecule has 2 aliphatic rings. The zero-order valence-corrected chi connectivity index (χ0v) is 19.3. The van der Waals surface area contributed by atoms with Gasteiger partial charge in [0.25, 0.3) is 0 Å². The Balaban J connectivity index is 0.00000280. The number of benzene rings is 1. The molecular weight excluding hydrogens is 472 g/mol. The first-order valence-electron chi connectivity index (χ1n) is 10.00. The molecule has 0 atom stereocenters. The highest BCUT2D eigenvalue weighted by molar-refractivity contribution is 14.0. The number of rotatable bonds is 8. The van der Waals surface area contributed by atoms with Gasteiger partial charge >= 0.3 is 0 Å². The maximum absolute atomic E-state index is 14.2. The molecule has 3 rings (SSSR count). The number of piperidine rings is 1. The largest absolute Gasteiger partial charge is 0.385 e. The van der Waals surface area contributed by atoms with Crippen molar-refractivity contribution in [2.45, 2.75) is 43.6 Å². The van der Waals surface area contributed by atoms with Crippen molar-refractivity contribution in [3.8, 4) is 0 Å². The zero-order chi connectivity index (χ0) is 19.1. The van der Waals surface area contributed by atoms with Crippen LogP contribution in [0.25, 0.3) is 0 Å². The standard InChI is InChI=1S/C21H32FN3O2.HI/c1-23-20(25-12-8-17(9-13-25)27-15-5-14-26-2)24-16-21(10-11-21)18-6-3-4-7-19(18)22;/h3-4,6-7,17H,5,8-16H2,1-2H3,(H,23,24);1H. The monoisotopic (exact) mass is 505 g/mol. The number of likely N-dealkylation sites (tertiary alicyclic amines) is 1. The molecule has 1 N–H and O–H groups in total. The minimum Gasteiger partial charge on any atom is -0.385 e. The molecule has 7 heteroatoms. The highest BCUT2D eigenvalue weighted by Crippen LogP contribution is 2.48. The number of nitrogens with zero attached hydrogens (tertiary/aromatic N) is 2. The Kier molecular flexibility index (Phi) is 9.43. The van der Waals surface area contributed by atoms with Gasteiger partial charge in [0.15, 0.2) is 5.96 Å². The summed E-state index contributed by atoms with van der Waals surface area (Å²) in [5.41, 5.74) is 0.750. The van der Waals surface area contributed by atoms with Gasteiger partial charge in [0, 0.05) is 52.4 Å². The number of halogens is 2. The summed E-state index contributed by atoms with van der Waals surface area (Å²) >= 11 is 0. The third kappa shape index (κ3) is 6.03. The van der Waals surface area contributed by atoms with E-state index in [9.17, 15) is 4.39 Å². The van der Waals surface area contributed by atoms with Crippen LogP contribution in [0.4, 0.5) is 4.39 Å². The summed E-state index contributed by atoms with van der Waals surface area (Å²) in [6, 6.07) is 7.15. The highest BCUT2D eigenvalue weighted by atomic mass is 127. The van der Waals surface area contributed by atoms with Gasteiger partial charge in [0.05, 0.1) is 6.10 Å². The average molecular weight is 505 g/mol. The Morgan fingerprint density at radius 2 is 1.96 bits per heavy atom. The number of nitrogens with one attached hydrogen (secondary N) is 1. The fourth-order valence-electron chi connectivity index (χ4n) is 3.85. The van der Waals surface area contributed by atoms with Crippen molar-refractivity contribution >= 4 is 29.9 Å². The lowest BCUT2D eigenvalue weighted by Gasteiger charge is -2.34. The van der Waals surface area contributed by atoms with Crippen LogP contribution < -0.4 is 5.32 Å². The minimum absolute atomic E-state index is 0. The maximum atomic E-state index is 14.2. The predicted octanol–water partition coefficient (Wildman–Crippen LogP) is 3.57. The van der Waals surface area contributed by atoms with Gasteiger partial charge in [-0.25, -0.2) is 4.39 Å². The second-order valence-corrected chi connectivity index (χ2v) is 7.56.